The number of nitrogens with zero attached hydrogens (tertiary/aromatic N) is 2. The van der Waals surface area contributed by atoms with Gasteiger partial charge >= 0.3 is 10.2 Å². The maximum absolute atomic E-state index is 12.3. The molecule has 5 nitrogen and oxygen atoms in total. The SMILES string of the molecule is CC1CCCCN1S(=O)(=O)Nc1cc(Br)cnc1Cl. The molecule has 1 saturated heterocycles. The monoisotopic (exact) mass is 367 g/mol. The van der Waals surface area contributed by atoms with E-state index in [9.17, 15) is 8.42 Å². The highest BCUT2D eigenvalue weighted by Gasteiger charge is 2.29. The Bertz CT molecular complexity index is 567. The number of pyridine rings is 1. The van der Waals surface area contributed by atoms with E-state index in [0.29, 0.717) is 11.0 Å². The molecule has 1 aromatic heterocycles. The first kappa shape index (κ1) is 15.0. The molecule has 2 rings (SSSR count). The molecular weight excluding hydrogens is 354 g/mol. The van der Waals surface area contributed by atoms with E-state index in [0.717, 1.165) is 19.3 Å². The van der Waals surface area contributed by atoms with E-state index in [2.05, 4.69) is 25.6 Å². The lowest BCUT2D eigenvalue weighted by molar-refractivity contribution is 0.270. The van der Waals surface area contributed by atoms with Crippen LogP contribution in [0.3, 0.4) is 0 Å². The summed E-state index contributed by atoms with van der Waals surface area (Å²) in [5.74, 6) is 0. The summed E-state index contributed by atoms with van der Waals surface area (Å²) in [5.41, 5.74) is 0.286. The maximum Gasteiger partial charge on any atom is 0.301 e. The molecule has 0 aromatic carbocycles. The largest absolute Gasteiger partial charge is 0.301 e. The third-order valence-corrected chi connectivity index (χ3v) is 5.47. The molecule has 1 unspecified atom stereocenters. The number of nitrogens with one attached hydrogen (secondary N) is 1. The summed E-state index contributed by atoms with van der Waals surface area (Å²) >= 11 is 9.14. The fraction of sp³-hybridized carbons (Fsp3) is 0.545. The minimum absolute atomic E-state index is 0.00476. The van der Waals surface area contributed by atoms with Crippen LogP contribution in [0.5, 0.6) is 0 Å². The summed E-state index contributed by atoms with van der Waals surface area (Å²) in [6.45, 7) is 2.45. The van der Waals surface area contributed by atoms with E-state index in [-0.39, 0.29) is 16.9 Å². The number of anilines is 1. The number of hydrogen-bond donors (Lipinski definition) is 1. The average molecular weight is 369 g/mol. The van der Waals surface area contributed by atoms with E-state index in [1.807, 2.05) is 6.92 Å². The molecule has 0 radical (unpaired) electrons. The van der Waals surface area contributed by atoms with Gasteiger partial charge in [-0.2, -0.15) is 12.7 Å². The third kappa shape index (κ3) is 3.59. The van der Waals surface area contributed by atoms with E-state index >= 15 is 0 Å². The van der Waals surface area contributed by atoms with Crippen LogP contribution in [0.2, 0.25) is 5.15 Å². The summed E-state index contributed by atoms with van der Waals surface area (Å²) in [5, 5.41) is 0.136. The van der Waals surface area contributed by atoms with Gasteiger partial charge in [0.1, 0.15) is 0 Å². The molecule has 8 heteroatoms. The number of hydrogen-bond acceptors (Lipinski definition) is 3. The molecule has 0 amide bonds. The standard InChI is InChI=1S/C11H15BrClN3O2S/c1-8-4-2-3-5-16(8)19(17,18)15-10-6-9(12)7-14-11(10)13/h6-8,15H,2-5H2,1H3. The second-order valence-electron chi connectivity index (χ2n) is 4.55. The second kappa shape index (κ2) is 5.95. The van der Waals surface area contributed by atoms with Gasteiger partial charge in [0.2, 0.25) is 0 Å². The van der Waals surface area contributed by atoms with E-state index in [1.165, 1.54) is 10.5 Å². The Morgan fingerprint density at radius 3 is 2.95 bits per heavy atom. The van der Waals surface area contributed by atoms with Crippen LogP contribution in [0, 0.1) is 0 Å². The van der Waals surface area contributed by atoms with Crippen LogP contribution >= 0.6 is 27.5 Å². The van der Waals surface area contributed by atoms with Gasteiger partial charge in [0, 0.05) is 23.3 Å². The summed E-state index contributed by atoms with van der Waals surface area (Å²) in [6.07, 6.45) is 4.34. The minimum Gasteiger partial charge on any atom is -0.268 e. The summed E-state index contributed by atoms with van der Waals surface area (Å²) < 4.78 is 29.3. The fourth-order valence-electron chi connectivity index (χ4n) is 2.12. The number of rotatable bonds is 3. The van der Waals surface area contributed by atoms with Crippen LogP contribution in [0.4, 0.5) is 5.69 Å². The van der Waals surface area contributed by atoms with Gasteiger partial charge in [-0.25, -0.2) is 4.98 Å². The maximum atomic E-state index is 12.3. The molecule has 0 aliphatic carbocycles. The Labute approximate surface area is 126 Å². The highest BCUT2D eigenvalue weighted by atomic mass is 79.9. The predicted molar refractivity (Wildman–Crippen MR) is 79.5 cm³/mol. The van der Waals surface area contributed by atoms with E-state index < -0.39 is 10.2 Å². The molecule has 1 N–H and O–H groups in total. The first-order valence-corrected chi connectivity index (χ1v) is 8.62. The third-order valence-electron chi connectivity index (χ3n) is 3.10. The van der Waals surface area contributed by atoms with Crippen molar-refractivity contribution >= 4 is 43.4 Å². The minimum atomic E-state index is -3.59. The lowest BCUT2D eigenvalue weighted by Crippen LogP contribution is -2.44. The Hall–Kier alpha value is -0.370. The van der Waals surface area contributed by atoms with Gasteiger partial charge in [-0.3, -0.25) is 4.72 Å². The molecule has 1 aliphatic heterocycles. The molecule has 1 atom stereocenters. The topological polar surface area (TPSA) is 62.3 Å². The molecule has 1 aliphatic rings. The van der Waals surface area contributed by atoms with Crippen molar-refractivity contribution in [2.75, 3.05) is 11.3 Å². The number of aromatic nitrogens is 1. The average Bonchev–Trinajstić information content (AvgIpc) is 2.34. The quantitative estimate of drug-likeness (QED) is 0.834. The van der Waals surface area contributed by atoms with Crippen LogP contribution in [0.15, 0.2) is 16.7 Å². The van der Waals surface area contributed by atoms with Crippen molar-refractivity contribution < 1.29 is 8.42 Å². The molecule has 0 spiro atoms. The molecule has 106 valence electrons. The Morgan fingerprint density at radius 1 is 1.53 bits per heavy atom. The van der Waals surface area contributed by atoms with Crippen molar-refractivity contribution in [2.24, 2.45) is 0 Å². The fourth-order valence-corrected chi connectivity index (χ4v) is 4.16. The van der Waals surface area contributed by atoms with Crippen LogP contribution in [-0.2, 0) is 10.2 Å². The van der Waals surface area contributed by atoms with Gasteiger partial charge in [-0.15, -0.1) is 0 Å². The highest BCUT2D eigenvalue weighted by molar-refractivity contribution is 9.10. The summed E-state index contributed by atoms with van der Waals surface area (Å²) in [7, 11) is -3.59. The van der Waals surface area contributed by atoms with Gasteiger partial charge in [-0.1, -0.05) is 18.0 Å². The molecule has 2 heterocycles. The van der Waals surface area contributed by atoms with E-state index in [4.69, 9.17) is 11.6 Å². The number of halogens is 2. The normalized spacial score (nSPS) is 21.3. The summed E-state index contributed by atoms with van der Waals surface area (Å²) in [6, 6.07) is 1.60. The van der Waals surface area contributed by atoms with Crippen molar-refractivity contribution in [3.05, 3.63) is 21.9 Å². The highest BCUT2D eigenvalue weighted by Crippen LogP contribution is 2.26. The van der Waals surface area contributed by atoms with Gasteiger partial charge in [0.05, 0.1) is 5.69 Å². The van der Waals surface area contributed by atoms with Gasteiger partial charge in [0.25, 0.3) is 0 Å². The van der Waals surface area contributed by atoms with Gasteiger partial charge in [0.15, 0.2) is 5.15 Å². The molecule has 19 heavy (non-hydrogen) atoms. The molecule has 1 fully saturated rings. The first-order valence-electron chi connectivity index (χ1n) is 6.01. The van der Waals surface area contributed by atoms with Gasteiger partial charge < -0.3 is 0 Å². The van der Waals surface area contributed by atoms with Crippen LogP contribution in [0.1, 0.15) is 26.2 Å². The Kier molecular flexibility index (Phi) is 4.70. The lowest BCUT2D eigenvalue weighted by Gasteiger charge is -2.32. The molecule has 0 saturated carbocycles. The summed E-state index contributed by atoms with van der Waals surface area (Å²) in [4.78, 5) is 3.90. The molecule has 1 aromatic rings. The number of piperidine rings is 1. The lowest BCUT2D eigenvalue weighted by atomic mass is 10.1. The van der Waals surface area contributed by atoms with Crippen molar-refractivity contribution in [3.63, 3.8) is 0 Å². The zero-order chi connectivity index (χ0) is 14.0. The molecule has 0 bridgehead atoms. The zero-order valence-corrected chi connectivity index (χ0v) is 13.6. The van der Waals surface area contributed by atoms with Gasteiger partial charge in [-0.05, 0) is 41.8 Å². The molecular formula is C11H15BrClN3O2S. The van der Waals surface area contributed by atoms with E-state index in [1.54, 1.807) is 6.07 Å². The smallest absolute Gasteiger partial charge is 0.268 e. The van der Waals surface area contributed by atoms with Crippen LogP contribution < -0.4 is 4.72 Å². The second-order valence-corrected chi connectivity index (χ2v) is 7.45. The van der Waals surface area contributed by atoms with Crippen molar-refractivity contribution in [3.8, 4) is 0 Å². The van der Waals surface area contributed by atoms with Crippen LogP contribution in [0.25, 0.3) is 0 Å². The van der Waals surface area contributed by atoms with Crippen molar-refractivity contribution in [1.29, 1.82) is 0 Å². The Morgan fingerprint density at radius 2 is 2.26 bits per heavy atom. The van der Waals surface area contributed by atoms with Crippen molar-refractivity contribution in [2.45, 2.75) is 32.2 Å². The zero-order valence-electron chi connectivity index (χ0n) is 10.4. The Balaban J connectivity index is 2.23. The first-order chi connectivity index (χ1) is 8.90. The van der Waals surface area contributed by atoms with Crippen molar-refractivity contribution in [1.82, 2.24) is 9.29 Å². The van der Waals surface area contributed by atoms with Crippen LogP contribution in [-0.4, -0.2) is 30.3 Å². The predicted octanol–water partition coefficient (Wildman–Crippen LogP) is 3.03.